The van der Waals surface area contributed by atoms with Crippen LogP contribution in [0.5, 0.6) is 0 Å². The molecule has 1 amide bonds. The first-order chi connectivity index (χ1) is 11.3. The molecule has 0 atom stereocenters. The monoisotopic (exact) mass is 309 g/mol. The van der Waals surface area contributed by atoms with Gasteiger partial charge < -0.3 is 10.0 Å². The van der Waals surface area contributed by atoms with E-state index in [0.29, 0.717) is 13.1 Å². The fourth-order valence-electron chi connectivity index (χ4n) is 2.60. The second-order valence-corrected chi connectivity index (χ2v) is 5.29. The van der Waals surface area contributed by atoms with E-state index in [1.165, 1.54) is 0 Å². The number of aliphatic hydroxyl groups excluding tert-OH is 1. The topological polar surface area (TPSA) is 40.5 Å². The number of likely N-dealkylation sites (N-methyl/N-ethyl adjacent to an activating group) is 1. The second-order valence-electron chi connectivity index (χ2n) is 5.29. The summed E-state index contributed by atoms with van der Waals surface area (Å²) in [6.07, 6.45) is 3.49. The van der Waals surface area contributed by atoms with Gasteiger partial charge in [0.25, 0.3) is 0 Å². The third kappa shape index (κ3) is 4.54. The maximum atomic E-state index is 13.1. The molecule has 0 fully saturated rings. The highest BCUT2D eigenvalue weighted by molar-refractivity contribution is 5.87. The van der Waals surface area contributed by atoms with Crippen molar-refractivity contribution in [3.8, 4) is 0 Å². The normalized spacial score (nSPS) is 11.1. The first kappa shape index (κ1) is 17.0. The van der Waals surface area contributed by atoms with Gasteiger partial charge >= 0.3 is 0 Å². The van der Waals surface area contributed by atoms with Crippen molar-refractivity contribution in [2.24, 2.45) is 0 Å². The number of hydrogen-bond donors (Lipinski definition) is 1. The van der Waals surface area contributed by atoms with Crippen LogP contribution in [0.1, 0.15) is 24.0 Å². The van der Waals surface area contributed by atoms with Gasteiger partial charge in [-0.3, -0.25) is 4.79 Å². The van der Waals surface area contributed by atoms with Crippen LogP contribution in [0.2, 0.25) is 0 Å². The van der Waals surface area contributed by atoms with Crippen LogP contribution >= 0.6 is 0 Å². The Morgan fingerprint density at radius 1 is 1.00 bits per heavy atom. The van der Waals surface area contributed by atoms with Crippen molar-refractivity contribution in [1.29, 1.82) is 0 Å². The number of carbonyl (C=O) groups is 1. The minimum absolute atomic E-state index is 0.00740. The molecule has 0 aliphatic rings. The molecule has 0 radical (unpaired) electrons. The van der Waals surface area contributed by atoms with E-state index in [1.807, 2.05) is 73.7 Å². The van der Waals surface area contributed by atoms with Gasteiger partial charge in [0.1, 0.15) is 0 Å². The molecule has 0 spiro atoms. The Morgan fingerprint density at radius 3 is 1.96 bits per heavy atom. The summed E-state index contributed by atoms with van der Waals surface area (Å²) in [5.41, 5.74) is 1.99. The minimum Gasteiger partial charge on any atom is -0.392 e. The van der Waals surface area contributed by atoms with Gasteiger partial charge in [0.2, 0.25) is 5.91 Å². The van der Waals surface area contributed by atoms with Crippen LogP contribution in [0.15, 0.2) is 72.8 Å². The molecule has 0 heterocycles. The smallest absolute Gasteiger partial charge is 0.234 e. The van der Waals surface area contributed by atoms with Gasteiger partial charge in [0.15, 0.2) is 0 Å². The van der Waals surface area contributed by atoms with Crippen LogP contribution in [0.4, 0.5) is 0 Å². The number of amides is 1. The Kier molecular flexibility index (Phi) is 6.57. The van der Waals surface area contributed by atoms with Crippen LogP contribution in [-0.4, -0.2) is 35.6 Å². The van der Waals surface area contributed by atoms with Crippen molar-refractivity contribution in [1.82, 2.24) is 4.90 Å². The molecule has 0 bridgehead atoms. The summed E-state index contributed by atoms with van der Waals surface area (Å²) in [4.78, 5) is 14.9. The molecule has 3 heteroatoms. The van der Waals surface area contributed by atoms with Gasteiger partial charge in [-0.25, -0.2) is 0 Å². The minimum atomic E-state index is -0.306. The molecule has 2 aromatic carbocycles. The number of benzene rings is 2. The van der Waals surface area contributed by atoms with Crippen LogP contribution in [0.25, 0.3) is 0 Å². The molecule has 0 aromatic heterocycles. The van der Waals surface area contributed by atoms with Gasteiger partial charge in [0, 0.05) is 13.1 Å². The van der Waals surface area contributed by atoms with E-state index < -0.39 is 0 Å². The van der Waals surface area contributed by atoms with Crippen LogP contribution in [0.3, 0.4) is 0 Å². The standard InChI is InChI=1S/C20H23NO2/c1-2-21(15-9-10-16-22)20(23)19(17-11-5-3-6-12-17)18-13-7-4-8-14-18/h3-14,19,22H,2,15-16H2,1H3/b10-9-. The highest BCUT2D eigenvalue weighted by Crippen LogP contribution is 2.26. The fourth-order valence-corrected chi connectivity index (χ4v) is 2.60. The third-order valence-corrected chi connectivity index (χ3v) is 3.80. The lowest BCUT2D eigenvalue weighted by Crippen LogP contribution is -2.35. The van der Waals surface area contributed by atoms with Crippen LogP contribution in [0, 0.1) is 0 Å². The maximum absolute atomic E-state index is 13.1. The molecule has 0 unspecified atom stereocenters. The zero-order valence-electron chi connectivity index (χ0n) is 13.4. The molecule has 0 aliphatic carbocycles. The first-order valence-electron chi connectivity index (χ1n) is 7.92. The summed E-state index contributed by atoms with van der Waals surface area (Å²) in [5.74, 6) is -0.229. The molecule has 3 nitrogen and oxygen atoms in total. The number of rotatable bonds is 7. The molecule has 1 N–H and O–H groups in total. The highest BCUT2D eigenvalue weighted by atomic mass is 16.2. The predicted octanol–water partition coefficient (Wildman–Crippen LogP) is 3.22. The molecule has 2 rings (SSSR count). The lowest BCUT2D eigenvalue weighted by atomic mass is 9.90. The van der Waals surface area contributed by atoms with Crippen molar-refractivity contribution in [3.63, 3.8) is 0 Å². The number of aliphatic hydroxyl groups is 1. The number of nitrogens with zero attached hydrogens (tertiary/aromatic N) is 1. The number of carbonyl (C=O) groups excluding carboxylic acids is 1. The quantitative estimate of drug-likeness (QED) is 0.798. The average molecular weight is 309 g/mol. The Hall–Kier alpha value is -2.39. The van der Waals surface area contributed by atoms with E-state index in [-0.39, 0.29) is 18.4 Å². The van der Waals surface area contributed by atoms with Crippen molar-refractivity contribution < 1.29 is 9.90 Å². The lowest BCUT2D eigenvalue weighted by Gasteiger charge is -2.26. The zero-order valence-corrected chi connectivity index (χ0v) is 13.4. The lowest BCUT2D eigenvalue weighted by molar-refractivity contribution is -0.131. The van der Waals surface area contributed by atoms with Crippen molar-refractivity contribution in [2.75, 3.05) is 19.7 Å². The van der Waals surface area contributed by atoms with Crippen molar-refractivity contribution in [2.45, 2.75) is 12.8 Å². The SMILES string of the molecule is CCN(C/C=C\CO)C(=O)C(c1ccccc1)c1ccccc1. The van der Waals surface area contributed by atoms with E-state index in [4.69, 9.17) is 5.11 Å². The summed E-state index contributed by atoms with van der Waals surface area (Å²) in [7, 11) is 0. The molecule has 0 aliphatic heterocycles. The first-order valence-corrected chi connectivity index (χ1v) is 7.92. The maximum Gasteiger partial charge on any atom is 0.234 e. The largest absolute Gasteiger partial charge is 0.392 e. The van der Waals surface area contributed by atoms with Crippen molar-refractivity contribution >= 4 is 5.91 Å². The molecule has 0 saturated carbocycles. The zero-order chi connectivity index (χ0) is 16.5. The summed E-state index contributed by atoms with van der Waals surface area (Å²) in [5, 5.41) is 8.87. The summed E-state index contributed by atoms with van der Waals surface area (Å²) in [6, 6.07) is 19.7. The molecular formula is C20H23NO2. The third-order valence-electron chi connectivity index (χ3n) is 3.80. The predicted molar refractivity (Wildman–Crippen MR) is 93.2 cm³/mol. The van der Waals surface area contributed by atoms with E-state index in [9.17, 15) is 4.79 Å². The van der Waals surface area contributed by atoms with Gasteiger partial charge in [-0.2, -0.15) is 0 Å². The van der Waals surface area contributed by atoms with E-state index >= 15 is 0 Å². The summed E-state index contributed by atoms with van der Waals surface area (Å²) >= 11 is 0. The summed E-state index contributed by atoms with van der Waals surface area (Å²) in [6.45, 7) is 3.10. The van der Waals surface area contributed by atoms with Crippen LogP contribution < -0.4 is 0 Å². The van der Waals surface area contributed by atoms with Crippen LogP contribution in [-0.2, 0) is 4.79 Å². The molecule has 0 saturated heterocycles. The Balaban J connectivity index is 2.33. The molecule has 120 valence electrons. The number of hydrogen-bond acceptors (Lipinski definition) is 2. The highest BCUT2D eigenvalue weighted by Gasteiger charge is 2.26. The summed E-state index contributed by atoms with van der Waals surface area (Å²) < 4.78 is 0. The van der Waals surface area contributed by atoms with E-state index in [1.54, 1.807) is 11.0 Å². The Bertz CT molecular complexity index is 583. The van der Waals surface area contributed by atoms with E-state index in [0.717, 1.165) is 11.1 Å². The Morgan fingerprint density at radius 2 is 1.52 bits per heavy atom. The fraction of sp³-hybridized carbons (Fsp3) is 0.250. The van der Waals surface area contributed by atoms with Gasteiger partial charge in [-0.1, -0.05) is 72.8 Å². The van der Waals surface area contributed by atoms with Gasteiger partial charge in [-0.05, 0) is 18.1 Å². The van der Waals surface area contributed by atoms with E-state index in [2.05, 4.69) is 0 Å². The average Bonchev–Trinajstić information content (AvgIpc) is 2.61. The molecule has 2 aromatic rings. The second kappa shape index (κ2) is 8.91. The van der Waals surface area contributed by atoms with Gasteiger partial charge in [0.05, 0.1) is 12.5 Å². The molecule has 23 heavy (non-hydrogen) atoms. The van der Waals surface area contributed by atoms with Crippen molar-refractivity contribution in [3.05, 3.63) is 83.9 Å². The van der Waals surface area contributed by atoms with Gasteiger partial charge in [-0.15, -0.1) is 0 Å². The molecular weight excluding hydrogens is 286 g/mol. The Labute approximate surface area is 137 Å².